The maximum Gasteiger partial charge on any atom is 0.408 e. The summed E-state index contributed by atoms with van der Waals surface area (Å²) in [6.07, 6.45) is 3.72. The highest BCUT2D eigenvalue weighted by atomic mass is 32.2. The highest BCUT2D eigenvalue weighted by Crippen LogP contribution is 2.45. The highest BCUT2D eigenvalue weighted by Gasteiger charge is 2.49. The van der Waals surface area contributed by atoms with Crippen LogP contribution in [-0.2, 0) is 19.1 Å². The van der Waals surface area contributed by atoms with Crippen LogP contribution in [0.15, 0.2) is 107 Å². The Labute approximate surface area is 268 Å². The van der Waals surface area contributed by atoms with Crippen molar-refractivity contribution in [1.29, 1.82) is 0 Å². The van der Waals surface area contributed by atoms with Crippen molar-refractivity contribution in [3.05, 3.63) is 113 Å². The van der Waals surface area contributed by atoms with Gasteiger partial charge in [0.1, 0.15) is 28.0 Å². The first kappa shape index (κ1) is 30.4. The van der Waals surface area contributed by atoms with Crippen LogP contribution in [0.1, 0.15) is 44.4 Å². The number of thioether (sulfide) groups is 2. The molecule has 0 saturated carbocycles. The summed E-state index contributed by atoms with van der Waals surface area (Å²) in [4.78, 5) is 50.2. The van der Waals surface area contributed by atoms with Crippen molar-refractivity contribution in [1.82, 2.24) is 29.8 Å². The monoisotopic (exact) mass is 642 g/mol. The number of β-lactam (4-membered cyclic amide) rings is 1. The van der Waals surface area contributed by atoms with E-state index in [1.54, 1.807) is 49.0 Å². The van der Waals surface area contributed by atoms with Gasteiger partial charge in [-0.2, -0.15) is 10.1 Å². The van der Waals surface area contributed by atoms with E-state index in [9.17, 15) is 14.4 Å². The lowest BCUT2D eigenvalue weighted by molar-refractivity contribution is -0.151. The van der Waals surface area contributed by atoms with Crippen molar-refractivity contribution < 1.29 is 23.9 Å². The van der Waals surface area contributed by atoms with E-state index in [0.717, 1.165) is 11.1 Å². The van der Waals surface area contributed by atoms with E-state index in [1.165, 1.54) is 34.8 Å². The molecular formula is C32H30N6O5S2. The zero-order chi connectivity index (χ0) is 31.6. The molecule has 0 spiro atoms. The standard InChI is InChI=1S/C32H30N6O5S2/c1-32(2,3)43-31(41)36-28-22(15-17-44-23-14-16-37-30(35-23)33-19-34-37)26(38-24(39)18-25(38)45-28)29(40)42-27(20-10-6-4-7-11-20)21-12-8-5-9-13-21/h4-17,19,25,27-28H,18H2,1-3H3,(H,36,41)/b17-15+/t25-,28?/m1/s1. The van der Waals surface area contributed by atoms with E-state index < -0.39 is 29.1 Å². The molecule has 6 rings (SSSR count). The largest absolute Gasteiger partial charge is 0.448 e. The number of ether oxygens (including phenoxy) is 2. The molecule has 11 nitrogen and oxygen atoms in total. The van der Waals surface area contributed by atoms with Gasteiger partial charge in [-0.1, -0.05) is 72.4 Å². The predicted molar refractivity (Wildman–Crippen MR) is 170 cm³/mol. The average Bonchev–Trinajstić information content (AvgIpc) is 3.48. The SMILES string of the molecule is CC(C)(C)OC(=O)NC1S[C@@H]2CC(=O)N2C(C(=O)OC(c2ccccc2)c2ccccc2)=C1/C=C/Sc1ccn2ncnc2n1. The maximum absolute atomic E-state index is 14.2. The molecule has 13 heteroatoms. The van der Waals surface area contributed by atoms with Crippen LogP contribution in [0.25, 0.3) is 5.78 Å². The first-order valence-corrected chi connectivity index (χ1v) is 16.0. The second-order valence-corrected chi connectivity index (χ2v) is 13.4. The van der Waals surface area contributed by atoms with Gasteiger partial charge >= 0.3 is 12.1 Å². The molecule has 2 aliphatic rings. The van der Waals surface area contributed by atoms with Crippen LogP contribution in [0.4, 0.5) is 4.79 Å². The van der Waals surface area contributed by atoms with Gasteiger partial charge in [-0.25, -0.2) is 19.1 Å². The molecule has 1 fully saturated rings. The Kier molecular flexibility index (Phi) is 8.63. The first-order valence-electron chi connectivity index (χ1n) is 14.2. The summed E-state index contributed by atoms with van der Waals surface area (Å²) in [5, 5.41) is 8.30. The van der Waals surface area contributed by atoms with Gasteiger partial charge in [0.15, 0.2) is 6.10 Å². The summed E-state index contributed by atoms with van der Waals surface area (Å²) < 4.78 is 13.3. The third-order valence-electron chi connectivity index (χ3n) is 6.83. The summed E-state index contributed by atoms with van der Waals surface area (Å²) in [6.45, 7) is 5.32. The molecule has 0 aliphatic carbocycles. The van der Waals surface area contributed by atoms with E-state index in [2.05, 4.69) is 20.4 Å². The molecule has 1 unspecified atom stereocenters. The van der Waals surface area contributed by atoms with Crippen LogP contribution in [-0.4, -0.2) is 58.8 Å². The topological polar surface area (TPSA) is 128 Å². The Bertz CT molecular complexity index is 1750. The molecule has 1 saturated heterocycles. The molecule has 4 aromatic rings. The Balaban J connectivity index is 1.38. The van der Waals surface area contributed by atoms with E-state index in [-0.39, 0.29) is 23.4 Å². The molecular weight excluding hydrogens is 613 g/mol. The quantitative estimate of drug-likeness (QED) is 0.114. The van der Waals surface area contributed by atoms with Crippen molar-refractivity contribution in [3.8, 4) is 0 Å². The number of hydrogen-bond donors (Lipinski definition) is 1. The molecule has 4 heterocycles. The lowest BCUT2D eigenvalue weighted by Crippen LogP contribution is -2.57. The van der Waals surface area contributed by atoms with Crippen molar-refractivity contribution in [2.75, 3.05) is 0 Å². The highest BCUT2D eigenvalue weighted by molar-refractivity contribution is 8.02. The van der Waals surface area contributed by atoms with Crippen LogP contribution in [0.3, 0.4) is 0 Å². The number of hydrogen-bond acceptors (Lipinski definition) is 10. The summed E-state index contributed by atoms with van der Waals surface area (Å²) in [5.41, 5.74) is 1.30. The van der Waals surface area contributed by atoms with Crippen LogP contribution in [0, 0.1) is 0 Å². The number of carbonyl (C=O) groups excluding carboxylic acids is 3. The summed E-state index contributed by atoms with van der Waals surface area (Å²) >= 11 is 2.65. The number of aromatic nitrogens is 4. The van der Waals surface area contributed by atoms with Gasteiger partial charge in [0.2, 0.25) is 5.91 Å². The fourth-order valence-corrected chi connectivity index (χ4v) is 6.88. The molecule has 2 aromatic heterocycles. The minimum Gasteiger partial charge on any atom is -0.448 e. The number of nitrogens with zero attached hydrogens (tertiary/aromatic N) is 5. The summed E-state index contributed by atoms with van der Waals surface area (Å²) in [5.74, 6) is -0.449. The van der Waals surface area contributed by atoms with Crippen molar-refractivity contribution in [2.24, 2.45) is 0 Å². The second kappa shape index (κ2) is 12.8. The number of fused-ring (bicyclic) bond motifs is 2. The molecule has 1 N–H and O–H groups in total. The van der Waals surface area contributed by atoms with E-state index >= 15 is 0 Å². The number of benzene rings is 2. The Morgan fingerprint density at radius 3 is 2.40 bits per heavy atom. The zero-order valence-corrected chi connectivity index (χ0v) is 26.3. The zero-order valence-electron chi connectivity index (χ0n) is 24.7. The first-order chi connectivity index (χ1) is 21.7. The van der Waals surface area contributed by atoms with Crippen LogP contribution in [0.2, 0.25) is 0 Å². The number of alkyl carbamates (subject to hydrolysis) is 1. The van der Waals surface area contributed by atoms with Crippen LogP contribution < -0.4 is 5.32 Å². The van der Waals surface area contributed by atoms with Gasteiger partial charge in [0.05, 0.1) is 11.8 Å². The summed E-state index contributed by atoms with van der Waals surface area (Å²) in [6, 6.07) is 20.6. The molecule has 2 atom stereocenters. The van der Waals surface area contributed by atoms with Gasteiger partial charge < -0.3 is 14.8 Å². The smallest absolute Gasteiger partial charge is 0.408 e. The average molecular weight is 643 g/mol. The lowest BCUT2D eigenvalue weighted by Gasteiger charge is -2.46. The number of nitrogens with one attached hydrogen (secondary N) is 1. The Morgan fingerprint density at radius 2 is 1.76 bits per heavy atom. The number of rotatable bonds is 8. The van der Waals surface area contributed by atoms with E-state index in [0.29, 0.717) is 16.4 Å². The Morgan fingerprint density at radius 1 is 1.07 bits per heavy atom. The van der Waals surface area contributed by atoms with Crippen molar-refractivity contribution >= 4 is 47.3 Å². The minimum absolute atomic E-state index is 0.0747. The molecule has 2 amide bonds. The lowest BCUT2D eigenvalue weighted by atomic mass is 10.0. The Hall–Kier alpha value is -4.62. The van der Waals surface area contributed by atoms with Gasteiger partial charge in [-0.05, 0) is 49.4 Å². The third kappa shape index (κ3) is 6.89. The van der Waals surface area contributed by atoms with E-state index in [4.69, 9.17) is 9.47 Å². The molecule has 0 radical (unpaired) electrons. The number of esters is 1. The second-order valence-electron chi connectivity index (χ2n) is 11.2. The summed E-state index contributed by atoms with van der Waals surface area (Å²) in [7, 11) is 0. The number of amides is 2. The van der Waals surface area contributed by atoms with Gasteiger partial charge in [0, 0.05) is 11.8 Å². The number of carbonyl (C=O) groups is 3. The third-order valence-corrected chi connectivity index (χ3v) is 8.90. The molecule has 230 valence electrons. The molecule has 45 heavy (non-hydrogen) atoms. The minimum atomic E-state index is -0.732. The molecule has 2 aliphatic heterocycles. The maximum atomic E-state index is 14.2. The predicted octanol–water partition coefficient (Wildman–Crippen LogP) is 5.47. The van der Waals surface area contributed by atoms with E-state index in [1.807, 2.05) is 60.7 Å². The fraction of sp³-hybridized carbons (Fsp3) is 0.250. The van der Waals surface area contributed by atoms with Gasteiger partial charge in [-0.15, -0.1) is 11.8 Å². The van der Waals surface area contributed by atoms with Crippen molar-refractivity contribution in [2.45, 2.75) is 54.7 Å². The van der Waals surface area contributed by atoms with Gasteiger partial charge in [-0.3, -0.25) is 9.69 Å². The fourth-order valence-electron chi connectivity index (χ4n) is 4.86. The van der Waals surface area contributed by atoms with Crippen molar-refractivity contribution in [3.63, 3.8) is 0 Å². The molecule has 0 bridgehead atoms. The van der Waals surface area contributed by atoms with Gasteiger partial charge in [0.25, 0.3) is 5.78 Å². The molecule has 2 aromatic carbocycles. The normalized spacial score (nSPS) is 18.2. The van der Waals surface area contributed by atoms with Crippen LogP contribution in [0.5, 0.6) is 0 Å². The van der Waals surface area contributed by atoms with Crippen LogP contribution >= 0.6 is 23.5 Å².